The molecule has 4 aromatic carbocycles. The van der Waals surface area contributed by atoms with Gasteiger partial charge in [-0.2, -0.15) is 0 Å². The number of anilines is 2. The molecule has 0 fully saturated rings. The van der Waals surface area contributed by atoms with Crippen LogP contribution in [0.3, 0.4) is 0 Å². The van der Waals surface area contributed by atoms with Gasteiger partial charge in [0.25, 0.3) is 5.91 Å². The highest BCUT2D eigenvalue weighted by Gasteiger charge is 2.57. The van der Waals surface area contributed by atoms with E-state index in [-0.39, 0.29) is 18.4 Å². The molecule has 0 saturated heterocycles. The fourth-order valence-corrected chi connectivity index (χ4v) is 6.15. The fraction of sp³-hybridized carbons (Fsp3) is 0.212. The summed E-state index contributed by atoms with van der Waals surface area (Å²) in [6.07, 6.45) is 0.829. The number of ether oxygens (including phenoxy) is 2. The highest BCUT2D eigenvalue weighted by Crippen LogP contribution is 2.54. The molecule has 1 atom stereocenters. The van der Waals surface area contributed by atoms with Crippen molar-refractivity contribution in [3.05, 3.63) is 118 Å². The van der Waals surface area contributed by atoms with Gasteiger partial charge in [-0.25, -0.2) is 0 Å². The van der Waals surface area contributed by atoms with Gasteiger partial charge in [0.2, 0.25) is 5.91 Å². The Morgan fingerprint density at radius 1 is 0.923 bits per heavy atom. The van der Waals surface area contributed by atoms with Crippen LogP contribution in [-0.2, 0) is 23.2 Å². The molecule has 39 heavy (non-hydrogen) atoms. The van der Waals surface area contributed by atoms with Gasteiger partial charge in [-0.1, -0.05) is 48.0 Å². The summed E-state index contributed by atoms with van der Waals surface area (Å²) < 4.78 is 11.9. The SMILES string of the molecule is Cc1ccc(NC(=O)c2cccc(CN3C(=O)C4(COc5cc6c(cc54)CCO6)c4ccccc43)c2)c(C)c1. The van der Waals surface area contributed by atoms with E-state index in [9.17, 15) is 9.59 Å². The molecule has 0 bridgehead atoms. The zero-order valence-corrected chi connectivity index (χ0v) is 21.9. The maximum absolute atomic E-state index is 14.3. The minimum absolute atomic E-state index is 0.00792. The van der Waals surface area contributed by atoms with Crippen LogP contribution in [-0.4, -0.2) is 25.0 Å². The van der Waals surface area contributed by atoms with Crippen LogP contribution in [0.5, 0.6) is 11.5 Å². The maximum Gasteiger partial charge on any atom is 0.255 e. The average molecular weight is 517 g/mol. The second kappa shape index (κ2) is 8.73. The fourth-order valence-electron chi connectivity index (χ4n) is 6.15. The van der Waals surface area contributed by atoms with E-state index >= 15 is 0 Å². The van der Waals surface area contributed by atoms with Gasteiger partial charge in [-0.15, -0.1) is 0 Å². The van der Waals surface area contributed by atoms with Crippen molar-refractivity contribution in [2.75, 3.05) is 23.4 Å². The van der Waals surface area contributed by atoms with Gasteiger partial charge in [-0.05, 0) is 66.4 Å². The monoisotopic (exact) mass is 516 g/mol. The molecule has 4 aromatic rings. The molecular weight excluding hydrogens is 488 g/mol. The van der Waals surface area contributed by atoms with E-state index in [1.165, 1.54) is 0 Å². The number of nitrogens with zero attached hydrogens (tertiary/aromatic N) is 1. The third-order valence-electron chi connectivity index (χ3n) is 8.12. The predicted octanol–water partition coefficient (Wildman–Crippen LogP) is 5.72. The Kier molecular flexibility index (Phi) is 5.27. The normalized spacial score (nSPS) is 18.4. The number of rotatable bonds is 4. The molecule has 6 heteroatoms. The first-order valence-electron chi connectivity index (χ1n) is 13.3. The first-order valence-corrected chi connectivity index (χ1v) is 13.3. The van der Waals surface area contributed by atoms with Crippen molar-refractivity contribution in [2.24, 2.45) is 0 Å². The number of carbonyl (C=O) groups is 2. The van der Waals surface area contributed by atoms with E-state index in [2.05, 4.69) is 11.4 Å². The van der Waals surface area contributed by atoms with Crippen molar-refractivity contribution in [1.29, 1.82) is 0 Å². The largest absolute Gasteiger partial charge is 0.493 e. The highest BCUT2D eigenvalue weighted by atomic mass is 16.5. The van der Waals surface area contributed by atoms with Gasteiger partial charge in [0.1, 0.15) is 23.5 Å². The van der Waals surface area contributed by atoms with Gasteiger partial charge < -0.3 is 19.7 Å². The number of nitrogens with one attached hydrogen (secondary N) is 1. The third kappa shape index (κ3) is 3.62. The van der Waals surface area contributed by atoms with E-state index in [0.717, 1.165) is 56.9 Å². The Morgan fingerprint density at radius 2 is 1.79 bits per heavy atom. The topological polar surface area (TPSA) is 67.9 Å². The lowest BCUT2D eigenvalue weighted by molar-refractivity contribution is -0.122. The molecular formula is C33H28N2O4. The highest BCUT2D eigenvalue weighted by molar-refractivity contribution is 6.11. The molecule has 194 valence electrons. The summed E-state index contributed by atoms with van der Waals surface area (Å²) in [5.41, 5.74) is 7.35. The smallest absolute Gasteiger partial charge is 0.255 e. The molecule has 6 nitrogen and oxygen atoms in total. The Bertz CT molecular complexity index is 1680. The number of hydrogen-bond donors (Lipinski definition) is 1. The number of amides is 2. The summed E-state index contributed by atoms with van der Waals surface area (Å²) in [4.78, 5) is 29.3. The second-order valence-electron chi connectivity index (χ2n) is 10.6. The van der Waals surface area contributed by atoms with Crippen LogP contribution in [0.1, 0.15) is 43.7 Å². The van der Waals surface area contributed by atoms with Crippen LogP contribution >= 0.6 is 0 Å². The number of carbonyl (C=O) groups excluding carboxylic acids is 2. The zero-order valence-electron chi connectivity index (χ0n) is 21.9. The third-order valence-corrected chi connectivity index (χ3v) is 8.12. The van der Waals surface area contributed by atoms with Gasteiger partial charge >= 0.3 is 0 Å². The number of hydrogen-bond acceptors (Lipinski definition) is 4. The molecule has 7 rings (SSSR count). The maximum atomic E-state index is 14.3. The minimum atomic E-state index is -0.887. The molecule has 1 unspecified atom stereocenters. The first-order chi connectivity index (χ1) is 18.9. The number of aryl methyl sites for hydroxylation is 2. The van der Waals surface area contributed by atoms with E-state index < -0.39 is 5.41 Å². The van der Waals surface area contributed by atoms with Gasteiger partial charge in [0.05, 0.1) is 13.2 Å². The molecule has 0 aliphatic carbocycles. The van der Waals surface area contributed by atoms with Crippen molar-refractivity contribution < 1.29 is 19.1 Å². The summed E-state index contributed by atoms with van der Waals surface area (Å²) in [5, 5.41) is 3.02. The van der Waals surface area contributed by atoms with Gasteiger partial charge in [0, 0.05) is 35.0 Å². The van der Waals surface area contributed by atoms with Crippen molar-refractivity contribution >= 4 is 23.2 Å². The minimum Gasteiger partial charge on any atom is -0.493 e. The molecule has 1 N–H and O–H groups in total. The summed E-state index contributed by atoms with van der Waals surface area (Å²) >= 11 is 0. The molecule has 3 aliphatic heterocycles. The summed E-state index contributed by atoms with van der Waals surface area (Å²) in [5.74, 6) is 1.37. The summed E-state index contributed by atoms with van der Waals surface area (Å²) in [7, 11) is 0. The quantitative estimate of drug-likeness (QED) is 0.377. The van der Waals surface area contributed by atoms with Crippen LogP contribution in [0.2, 0.25) is 0 Å². The number of para-hydroxylation sites is 1. The molecule has 2 amide bonds. The van der Waals surface area contributed by atoms with Crippen LogP contribution < -0.4 is 19.7 Å². The van der Waals surface area contributed by atoms with E-state index in [1.807, 2.05) is 85.5 Å². The van der Waals surface area contributed by atoms with E-state index in [0.29, 0.717) is 24.5 Å². The van der Waals surface area contributed by atoms with Crippen LogP contribution in [0.15, 0.2) is 78.9 Å². The van der Waals surface area contributed by atoms with E-state index in [4.69, 9.17) is 9.47 Å². The molecule has 3 heterocycles. The predicted molar refractivity (Wildman–Crippen MR) is 150 cm³/mol. The van der Waals surface area contributed by atoms with Crippen molar-refractivity contribution in [2.45, 2.75) is 32.2 Å². The molecule has 0 aromatic heterocycles. The second-order valence-corrected chi connectivity index (χ2v) is 10.6. The number of fused-ring (bicyclic) bond motifs is 5. The summed E-state index contributed by atoms with van der Waals surface area (Å²) in [6.45, 7) is 5.27. The molecule has 3 aliphatic rings. The van der Waals surface area contributed by atoms with Crippen molar-refractivity contribution in [1.82, 2.24) is 0 Å². The Labute approximate surface area is 227 Å². The summed E-state index contributed by atoms with van der Waals surface area (Å²) in [6, 6.07) is 25.4. The lowest BCUT2D eigenvalue weighted by Gasteiger charge is -2.23. The lowest BCUT2D eigenvalue weighted by Crippen LogP contribution is -2.42. The standard InChI is InChI=1S/C33H28N2O4/c1-20-10-11-27(21(2)14-20)34-31(36)24-7-5-6-22(15-24)18-35-28-9-4-3-8-25(28)33(32(35)37)19-39-30-17-29-23(12-13-38-29)16-26(30)33/h3-11,14-17H,12-13,18-19H2,1-2H3,(H,34,36). The van der Waals surface area contributed by atoms with Crippen molar-refractivity contribution in [3.63, 3.8) is 0 Å². The van der Waals surface area contributed by atoms with Crippen LogP contribution in [0.25, 0.3) is 0 Å². The van der Waals surface area contributed by atoms with Gasteiger partial charge in [0.15, 0.2) is 0 Å². The van der Waals surface area contributed by atoms with Gasteiger partial charge in [-0.3, -0.25) is 9.59 Å². The average Bonchev–Trinajstić information content (AvgIpc) is 3.62. The molecule has 0 saturated carbocycles. The van der Waals surface area contributed by atoms with Crippen molar-refractivity contribution in [3.8, 4) is 11.5 Å². The number of benzene rings is 4. The molecule has 1 spiro atoms. The Balaban J connectivity index is 1.21. The Hall–Kier alpha value is -4.58. The van der Waals surface area contributed by atoms with E-state index in [1.54, 1.807) is 6.07 Å². The molecule has 0 radical (unpaired) electrons. The Morgan fingerprint density at radius 3 is 2.67 bits per heavy atom. The zero-order chi connectivity index (χ0) is 26.7. The lowest BCUT2D eigenvalue weighted by atomic mass is 9.76. The van der Waals surface area contributed by atoms with Crippen LogP contribution in [0.4, 0.5) is 11.4 Å². The van der Waals surface area contributed by atoms with Crippen LogP contribution in [0, 0.1) is 13.8 Å². The first kappa shape index (κ1) is 23.5.